The Morgan fingerprint density at radius 1 is 1.10 bits per heavy atom. The summed E-state index contributed by atoms with van der Waals surface area (Å²) in [6.07, 6.45) is 3.41. The van der Waals surface area contributed by atoms with Crippen LogP contribution in [0.25, 0.3) is 0 Å². The number of carbonyl (C=O) groups excluding carboxylic acids is 2. The van der Waals surface area contributed by atoms with Gasteiger partial charge in [0.05, 0.1) is 23.8 Å². The molecule has 5 heteroatoms. The van der Waals surface area contributed by atoms with Crippen molar-refractivity contribution < 1.29 is 9.59 Å². The summed E-state index contributed by atoms with van der Waals surface area (Å²) in [4.78, 5) is 29.1. The van der Waals surface area contributed by atoms with Gasteiger partial charge in [0.2, 0.25) is 11.8 Å². The van der Waals surface area contributed by atoms with Crippen LogP contribution in [0.4, 0.5) is 11.4 Å². The third kappa shape index (κ3) is 4.00. The third-order valence-electron chi connectivity index (χ3n) is 6.20. The van der Waals surface area contributed by atoms with Gasteiger partial charge in [0.25, 0.3) is 0 Å². The van der Waals surface area contributed by atoms with Gasteiger partial charge in [-0.2, -0.15) is 0 Å². The van der Waals surface area contributed by atoms with E-state index in [2.05, 4.69) is 29.6 Å². The molecule has 0 aromatic heterocycles. The Balaban J connectivity index is 1.45. The van der Waals surface area contributed by atoms with Crippen molar-refractivity contribution in [3.8, 4) is 0 Å². The molecule has 1 aliphatic heterocycles. The standard InChI is InChI=1S/C24H29N3O2/c1-17-15-27(22-13-6-5-12-21(22)26(2)24(17)29)16-23(28)25-14-19-10-7-9-18-8-3-4-11-20(18)19/h3-6,8,11-13,17,19H,7,9-10,14-16H2,1-2H3,(H,25,28)/t17-,19-/m0/s1. The highest BCUT2D eigenvalue weighted by Crippen LogP contribution is 2.33. The first-order valence-corrected chi connectivity index (χ1v) is 10.5. The molecule has 29 heavy (non-hydrogen) atoms. The van der Waals surface area contributed by atoms with Gasteiger partial charge in [0.1, 0.15) is 0 Å². The van der Waals surface area contributed by atoms with E-state index in [1.807, 2.05) is 43.1 Å². The maximum Gasteiger partial charge on any atom is 0.239 e. The van der Waals surface area contributed by atoms with Crippen LogP contribution in [0.1, 0.15) is 36.8 Å². The van der Waals surface area contributed by atoms with E-state index >= 15 is 0 Å². The van der Waals surface area contributed by atoms with Crippen LogP contribution in [0, 0.1) is 5.92 Å². The van der Waals surface area contributed by atoms with E-state index in [1.54, 1.807) is 4.90 Å². The molecule has 4 rings (SSSR count). The Hall–Kier alpha value is -2.82. The van der Waals surface area contributed by atoms with Gasteiger partial charge in [-0.05, 0) is 42.5 Å². The van der Waals surface area contributed by atoms with Crippen LogP contribution in [0.2, 0.25) is 0 Å². The van der Waals surface area contributed by atoms with Crippen molar-refractivity contribution in [1.29, 1.82) is 0 Å². The molecule has 0 unspecified atom stereocenters. The van der Waals surface area contributed by atoms with E-state index in [1.165, 1.54) is 17.5 Å². The van der Waals surface area contributed by atoms with E-state index in [9.17, 15) is 9.59 Å². The molecule has 5 nitrogen and oxygen atoms in total. The van der Waals surface area contributed by atoms with Crippen LogP contribution >= 0.6 is 0 Å². The first-order valence-electron chi connectivity index (χ1n) is 10.5. The first-order chi connectivity index (χ1) is 14.0. The maximum absolute atomic E-state index is 12.8. The van der Waals surface area contributed by atoms with Crippen LogP contribution in [-0.2, 0) is 16.0 Å². The molecule has 0 spiro atoms. The molecule has 2 aromatic rings. The second kappa shape index (κ2) is 8.27. The number of carbonyl (C=O) groups is 2. The Morgan fingerprint density at radius 2 is 1.83 bits per heavy atom. The molecule has 0 bridgehead atoms. The molecular formula is C24H29N3O2. The number of nitrogens with one attached hydrogen (secondary N) is 1. The van der Waals surface area contributed by atoms with Crippen LogP contribution in [0.5, 0.6) is 0 Å². The number of benzene rings is 2. The summed E-state index contributed by atoms with van der Waals surface area (Å²) in [5.41, 5.74) is 4.58. The van der Waals surface area contributed by atoms with E-state index in [0.717, 1.165) is 24.2 Å². The number of rotatable bonds is 4. The zero-order valence-electron chi connectivity index (χ0n) is 17.2. The Bertz CT molecular complexity index is 911. The van der Waals surface area contributed by atoms with Crippen LogP contribution < -0.4 is 15.1 Å². The van der Waals surface area contributed by atoms with Gasteiger partial charge in [-0.1, -0.05) is 43.3 Å². The minimum Gasteiger partial charge on any atom is -0.360 e. The molecule has 152 valence electrons. The molecule has 2 aromatic carbocycles. The lowest BCUT2D eigenvalue weighted by atomic mass is 9.83. The zero-order valence-corrected chi connectivity index (χ0v) is 17.2. The predicted molar refractivity (Wildman–Crippen MR) is 116 cm³/mol. The highest BCUT2D eigenvalue weighted by molar-refractivity contribution is 6.00. The lowest BCUT2D eigenvalue weighted by Crippen LogP contribution is -2.41. The highest BCUT2D eigenvalue weighted by atomic mass is 16.2. The molecule has 0 saturated carbocycles. The summed E-state index contributed by atoms with van der Waals surface area (Å²) in [6, 6.07) is 16.4. The average molecular weight is 392 g/mol. The Morgan fingerprint density at radius 3 is 2.66 bits per heavy atom. The third-order valence-corrected chi connectivity index (χ3v) is 6.20. The van der Waals surface area contributed by atoms with Crippen molar-refractivity contribution in [1.82, 2.24) is 5.32 Å². The van der Waals surface area contributed by atoms with Gasteiger partial charge in [0, 0.05) is 26.1 Å². The summed E-state index contributed by atoms with van der Waals surface area (Å²) in [5, 5.41) is 3.15. The number of hydrogen-bond acceptors (Lipinski definition) is 3. The fourth-order valence-electron chi connectivity index (χ4n) is 4.65. The van der Waals surface area contributed by atoms with E-state index in [-0.39, 0.29) is 24.3 Å². The molecule has 0 saturated heterocycles. The predicted octanol–water partition coefficient (Wildman–Crippen LogP) is 3.34. The van der Waals surface area contributed by atoms with Gasteiger partial charge < -0.3 is 15.1 Å². The molecular weight excluding hydrogens is 362 g/mol. The molecule has 2 amide bonds. The molecule has 1 N–H and O–H groups in total. The smallest absolute Gasteiger partial charge is 0.239 e. The molecule has 2 atom stereocenters. The Kier molecular flexibility index (Phi) is 5.56. The SMILES string of the molecule is C[C@H]1CN(CC(=O)NC[C@@H]2CCCc3ccccc32)c2ccccc2N(C)C1=O. The van der Waals surface area contributed by atoms with Crippen molar-refractivity contribution in [2.24, 2.45) is 5.92 Å². The molecule has 2 aliphatic rings. The topological polar surface area (TPSA) is 52.7 Å². The highest BCUT2D eigenvalue weighted by Gasteiger charge is 2.30. The van der Waals surface area contributed by atoms with Crippen LogP contribution in [0.3, 0.4) is 0 Å². The summed E-state index contributed by atoms with van der Waals surface area (Å²) in [6.45, 7) is 3.39. The van der Waals surface area contributed by atoms with Crippen LogP contribution in [0.15, 0.2) is 48.5 Å². The van der Waals surface area contributed by atoms with Gasteiger partial charge >= 0.3 is 0 Å². The second-order valence-electron chi connectivity index (χ2n) is 8.26. The lowest BCUT2D eigenvalue weighted by molar-refractivity contribution is -0.122. The largest absolute Gasteiger partial charge is 0.360 e. The molecule has 0 fully saturated rings. The summed E-state index contributed by atoms with van der Waals surface area (Å²) < 4.78 is 0. The summed E-state index contributed by atoms with van der Waals surface area (Å²) in [7, 11) is 1.81. The van der Waals surface area contributed by atoms with Crippen molar-refractivity contribution in [3.05, 3.63) is 59.7 Å². The number of para-hydroxylation sites is 2. The van der Waals surface area contributed by atoms with E-state index < -0.39 is 0 Å². The van der Waals surface area contributed by atoms with Gasteiger partial charge in [-0.15, -0.1) is 0 Å². The Labute approximate surface area is 172 Å². The maximum atomic E-state index is 12.8. The van der Waals surface area contributed by atoms with Gasteiger partial charge in [-0.3, -0.25) is 9.59 Å². The van der Waals surface area contributed by atoms with Gasteiger partial charge in [-0.25, -0.2) is 0 Å². The van der Waals surface area contributed by atoms with Crippen molar-refractivity contribution in [3.63, 3.8) is 0 Å². The monoisotopic (exact) mass is 391 g/mol. The fourth-order valence-corrected chi connectivity index (χ4v) is 4.65. The van der Waals surface area contributed by atoms with Gasteiger partial charge in [0.15, 0.2) is 0 Å². The number of hydrogen-bond donors (Lipinski definition) is 1. The summed E-state index contributed by atoms with van der Waals surface area (Å²) >= 11 is 0. The molecule has 1 aliphatic carbocycles. The van der Waals surface area contributed by atoms with Crippen molar-refractivity contribution in [2.75, 3.05) is 36.5 Å². The number of amides is 2. The minimum absolute atomic E-state index is 0.00654. The minimum atomic E-state index is -0.162. The summed E-state index contributed by atoms with van der Waals surface area (Å²) in [5.74, 6) is 0.309. The quantitative estimate of drug-likeness (QED) is 0.870. The van der Waals surface area contributed by atoms with Crippen molar-refractivity contribution in [2.45, 2.75) is 32.1 Å². The average Bonchev–Trinajstić information content (AvgIpc) is 2.83. The number of aryl methyl sites for hydroxylation is 1. The fraction of sp³-hybridized carbons (Fsp3) is 0.417. The lowest BCUT2D eigenvalue weighted by Gasteiger charge is -2.28. The molecule has 1 heterocycles. The number of anilines is 2. The zero-order chi connectivity index (χ0) is 20.4. The van der Waals surface area contributed by atoms with Crippen LogP contribution in [-0.4, -0.2) is 38.5 Å². The number of fused-ring (bicyclic) bond motifs is 2. The van der Waals surface area contributed by atoms with Crippen molar-refractivity contribution >= 4 is 23.2 Å². The number of nitrogens with zero attached hydrogens (tertiary/aromatic N) is 2. The van der Waals surface area contributed by atoms with E-state index in [0.29, 0.717) is 19.0 Å². The molecule has 0 radical (unpaired) electrons. The first kappa shape index (κ1) is 19.5. The van der Waals surface area contributed by atoms with E-state index in [4.69, 9.17) is 0 Å². The second-order valence-corrected chi connectivity index (χ2v) is 8.26. The normalized spacial score (nSPS) is 21.2.